The molecule has 21 heavy (non-hydrogen) atoms. The van der Waals surface area contributed by atoms with Crippen molar-refractivity contribution in [2.24, 2.45) is 5.92 Å². The van der Waals surface area contributed by atoms with E-state index in [4.69, 9.17) is 4.74 Å². The van der Waals surface area contributed by atoms with Gasteiger partial charge in [-0.3, -0.25) is 14.5 Å². The van der Waals surface area contributed by atoms with Crippen LogP contribution in [0.15, 0.2) is 24.3 Å². The van der Waals surface area contributed by atoms with Crippen LogP contribution in [0.5, 0.6) is 5.75 Å². The van der Waals surface area contributed by atoms with Gasteiger partial charge in [-0.25, -0.2) is 0 Å². The highest BCUT2D eigenvalue weighted by molar-refractivity contribution is 6.00. The Morgan fingerprint density at radius 1 is 1.29 bits per heavy atom. The second kappa shape index (κ2) is 5.17. The Morgan fingerprint density at radius 2 is 2.10 bits per heavy atom. The van der Waals surface area contributed by atoms with Crippen LogP contribution in [0.25, 0.3) is 0 Å². The lowest BCUT2D eigenvalue weighted by Gasteiger charge is -2.48. The molecular formula is C17H21NO3. The van der Waals surface area contributed by atoms with Crippen molar-refractivity contribution in [3.63, 3.8) is 0 Å². The molecule has 1 heterocycles. The Kier molecular flexibility index (Phi) is 3.47. The van der Waals surface area contributed by atoms with E-state index in [0.29, 0.717) is 6.42 Å². The Morgan fingerprint density at radius 3 is 2.86 bits per heavy atom. The van der Waals surface area contributed by atoms with Crippen LogP contribution in [0.4, 0.5) is 0 Å². The quantitative estimate of drug-likeness (QED) is 0.785. The maximum absolute atomic E-state index is 12.6. The largest absolute Gasteiger partial charge is 0.497 e. The van der Waals surface area contributed by atoms with Crippen molar-refractivity contribution in [3.8, 4) is 5.75 Å². The Labute approximate surface area is 125 Å². The molecule has 0 spiro atoms. The van der Waals surface area contributed by atoms with E-state index in [1.165, 1.54) is 4.90 Å². The van der Waals surface area contributed by atoms with Gasteiger partial charge in [-0.15, -0.1) is 0 Å². The summed E-state index contributed by atoms with van der Waals surface area (Å²) in [6.07, 6.45) is 4.32. The standard InChI is InChI=1S/C17H21NO3/c1-18-15(19)11-17(9-4-3-8-14(17)16(18)20)12-6-5-7-13(10-12)21-2/h5-7,10,14H,3-4,8-9,11H2,1-2H3/t14-,17-/m1/s1. The highest BCUT2D eigenvalue weighted by Crippen LogP contribution is 2.50. The van der Waals surface area contributed by atoms with Gasteiger partial charge in [0, 0.05) is 24.8 Å². The summed E-state index contributed by atoms with van der Waals surface area (Å²) in [5.74, 6) is 0.612. The first-order valence-electron chi connectivity index (χ1n) is 7.53. The van der Waals surface area contributed by atoms with Gasteiger partial charge < -0.3 is 4.74 Å². The summed E-state index contributed by atoms with van der Waals surface area (Å²) in [6.45, 7) is 0. The van der Waals surface area contributed by atoms with E-state index in [2.05, 4.69) is 0 Å². The zero-order chi connectivity index (χ0) is 15.0. The van der Waals surface area contributed by atoms with Gasteiger partial charge in [0.1, 0.15) is 5.75 Å². The fourth-order valence-electron chi connectivity index (χ4n) is 3.94. The minimum atomic E-state index is -0.340. The number of carbonyl (C=O) groups is 2. The molecule has 1 saturated carbocycles. The van der Waals surface area contributed by atoms with Crippen molar-refractivity contribution < 1.29 is 14.3 Å². The van der Waals surface area contributed by atoms with E-state index in [9.17, 15) is 9.59 Å². The maximum Gasteiger partial charge on any atom is 0.232 e. The predicted molar refractivity (Wildman–Crippen MR) is 79.0 cm³/mol. The molecule has 2 aliphatic rings. The van der Waals surface area contributed by atoms with Gasteiger partial charge in [-0.2, -0.15) is 0 Å². The van der Waals surface area contributed by atoms with E-state index >= 15 is 0 Å². The number of hydrogen-bond donors (Lipinski definition) is 0. The zero-order valence-corrected chi connectivity index (χ0v) is 12.6. The normalized spacial score (nSPS) is 29.2. The van der Waals surface area contributed by atoms with Crippen LogP contribution in [0.2, 0.25) is 0 Å². The number of fused-ring (bicyclic) bond motifs is 1. The van der Waals surface area contributed by atoms with E-state index < -0.39 is 0 Å². The molecule has 3 rings (SSSR count). The number of carbonyl (C=O) groups excluding carboxylic acids is 2. The van der Waals surface area contributed by atoms with Crippen molar-refractivity contribution in [1.82, 2.24) is 4.90 Å². The second-order valence-electron chi connectivity index (χ2n) is 6.15. The highest BCUT2D eigenvalue weighted by Gasteiger charge is 2.52. The molecule has 1 aliphatic heterocycles. The Bertz CT molecular complexity index is 583. The van der Waals surface area contributed by atoms with Gasteiger partial charge in [-0.05, 0) is 30.5 Å². The predicted octanol–water partition coefficient (Wildman–Crippen LogP) is 2.51. The monoisotopic (exact) mass is 287 g/mol. The second-order valence-corrected chi connectivity index (χ2v) is 6.15. The topological polar surface area (TPSA) is 46.6 Å². The molecule has 2 amide bonds. The van der Waals surface area contributed by atoms with Gasteiger partial charge in [0.05, 0.1) is 7.11 Å². The molecule has 0 aromatic heterocycles. The summed E-state index contributed by atoms with van der Waals surface area (Å²) in [5, 5.41) is 0. The molecule has 2 atom stereocenters. The summed E-state index contributed by atoms with van der Waals surface area (Å²) >= 11 is 0. The molecular weight excluding hydrogens is 266 g/mol. The minimum absolute atomic E-state index is 0.0197. The summed E-state index contributed by atoms with van der Waals surface area (Å²) in [5.41, 5.74) is 0.731. The Balaban J connectivity index is 2.09. The van der Waals surface area contributed by atoms with E-state index in [1.807, 2.05) is 24.3 Å². The van der Waals surface area contributed by atoms with Crippen molar-refractivity contribution in [2.75, 3.05) is 14.2 Å². The fourth-order valence-corrected chi connectivity index (χ4v) is 3.94. The third kappa shape index (κ3) is 2.13. The first-order valence-corrected chi connectivity index (χ1v) is 7.53. The van der Waals surface area contributed by atoms with Crippen molar-refractivity contribution >= 4 is 11.8 Å². The number of likely N-dealkylation sites (tertiary alicyclic amines) is 1. The van der Waals surface area contributed by atoms with Crippen LogP contribution >= 0.6 is 0 Å². The van der Waals surface area contributed by atoms with Crippen LogP contribution in [0.3, 0.4) is 0 Å². The maximum atomic E-state index is 12.6. The number of methoxy groups -OCH3 is 1. The Hall–Kier alpha value is -1.84. The van der Waals surface area contributed by atoms with Crippen LogP contribution < -0.4 is 4.74 Å². The number of ether oxygens (including phenoxy) is 1. The first kappa shape index (κ1) is 14.1. The van der Waals surface area contributed by atoms with Gasteiger partial charge in [0.2, 0.25) is 11.8 Å². The lowest BCUT2D eigenvalue weighted by Crippen LogP contribution is -2.56. The van der Waals surface area contributed by atoms with Crippen LogP contribution in [-0.4, -0.2) is 30.9 Å². The third-order valence-electron chi connectivity index (χ3n) is 5.15. The summed E-state index contributed by atoms with van der Waals surface area (Å²) in [6, 6.07) is 7.87. The molecule has 112 valence electrons. The first-order chi connectivity index (χ1) is 10.1. The van der Waals surface area contributed by atoms with Crippen LogP contribution in [-0.2, 0) is 15.0 Å². The lowest BCUT2D eigenvalue weighted by atomic mass is 9.58. The molecule has 0 N–H and O–H groups in total. The summed E-state index contributed by atoms with van der Waals surface area (Å²) in [7, 11) is 3.24. The molecule has 2 fully saturated rings. The smallest absolute Gasteiger partial charge is 0.232 e. The number of nitrogens with zero attached hydrogens (tertiary/aromatic N) is 1. The van der Waals surface area contributed by atoms with Crippen LogP contribution in [0, 0.1) is 5.92 Å². The molecule has 0 bridgehead atoms. The highest BCUT2D eigenvalue weighted by atomic mass is 16.5. The third-order valence-corrected chi connectivity index (χ3v) is 5.15. The SMILES string of the molecule is COc1cccc([C@]23CCCC[C@@H]2C(=O)N(C)C(=O)C3)c1. The van der Waals surface area contributed by atoms with Crippen molar-refractivity contribution in [1.29, 1.82) is 0 Å². The fraction of sp³-hybridized carbons (Fsp3) is 0.529. The number of imide groups is 1. The van der Waals surface area contributed by atoms with Crippen molar-refractivity contribution in [3.05, 3.63) is 29.8 Å². The van der Waals surface area contributed by atoms with Gasteiger partial charge >= 0.3 is 0 Å². The average molecular weight is 287 g/mol. The van der Waals surface area contributed by atoms with Crippen molar-refractivity contribution in [2.45, 2.75) is 37.5 Å². The molecule has 4 nitrogen and oxygen atoms in total. The van der Waals surface area contributed by atoms with E-state index in [0.717, 1.165) is 37.0 Å². The molecule has 1 aromatic rings. The number of piperidine rings is 1. The molecule has 0 radical (unpaired) electrons. The number of amides is 2. The number of hydrogen-bond acceptors (Lipinski definition) is 3. The molecule has 1 saturated heterocycles. The molecule has 0 unspecified atom stereocenters. The van der Waals surface area contributed by atoms with E-state index in [-0.39, 0.29) is 23.1 Å². The van der Waals surface area contributed by atoms with Gasteiger partial charge in [-0.1, -0.05) is 25.0 Å². The molecule has 1 aromatic carbocycles. The summed E-state index contributed by atoms with van der Waals surface area (Å²) < 4.78 is 5.32. The zero-order valence-electron chi connectivity index (χ0n) is 12.6. The van der Waals surface area contributed by atoms with Gasteiger partial charge in [0.25, 0.3) is 0 Å². The van der Waals surface area contributed by atoms with Crippen LogP contribution in [0.1, 0.15) is 37.7 Å². The van der Waals surface area contributed by atoms with E-state index in [1.54, 1.807) is 14.2 Å². The average Bonchev–Trinajstić information content (AvgIpc) is 2.53. The molecule has 4 heteroatoms. The van der Waals surface area contributed by atoms with Gasteiger partial charge in [0.15, 0.2) is 0 Å². The molecule has 1 aliphatic carbocycles. The minimum Gasteiger partial charge on any atom is -0.497 e. The number of benzene rings is 1. The summed E-state index contributed by atoms with van der Waals surface area (Å²) in [4.78, 5) is 26.2. The lowest BCUT2D eigenvalue weighted by molar-refractivity contribution is -0.155. The number of rotatable bonds is 2.